The zero-order chi connectivity index (χ0) is 11.8. The number of hydrogen-bond donors (Lipinski definition) is 4. The Bertz CT molecular complexity index is 376. The van der Waals surface area contributed by atoms with E-state index in [-0.39, 0.29) is 13.2 Å². The van der Waals surface area contributed by atoms with Gasteiger partial charge in [-0.25, -0.2) is 4.98 Å². The normalized spacial score (nSPS) is 9.56. The Balaban J connectivity index is 2.80. The number of rotatable bonds is 6. The molecule has 6 nitrogen and oxygen atoms in total. The van der Waals surface area contributed by atoms with Gasteiger partial charge in [0.1, 0.15) is 17.7 Å². The summed E-state index contributed by atoms with van der Waals surface area (Å²) in [6.45, 7) is 0.728. The molecule has 1 rings (SSSR count). The van der Waals surface area contributed by atoms with Gasteiger partial charge in [0, 0.05) is 13.1 Å². The average molecular weight is 222 g/mol. The fraction of sp³-hybridized carbons (Fsp3) is 0.400. The van der Waals surface area contributed by atoms with Crippen LogP contribution in [0.3, 0.4) is 0 Å². The first-order valence-electron chi connectivity index (χ1n) is 4.92. The van der Waals surface area contributed by atoms with Gasteiger partial charge in [0.05, 0.1) is 18.8 Å². The molecule has 0 bridgehead atoms. The predicted molar refractivity (Wildman–Crippen MR) is 60.1 cm³/mol. The van der Waals surface area contributed by atoms with Gasteiger partial charge in [-0.3, -0.25) is 0 Å². The van der Waals surface area contributed by atoms with Gasteiger partial charge in [-0.05, 0) is 12.1 Å². The van der Waals surface area contributed by atoms with Crippen molar-refractivity contribution in [1.29, 1.82) is 5.26 Å². The third-order valence-corrected chi connectivity index (χ3v) is 1.84. The van der Waals surface area contributed by atoms with Crippen molar-refractivity contribution >= 4 is 11.6 Å². The second kappa shape index (κ2) is 6.61. The lowest BCUT2D eigenvalue weighted by atomic mass is 10.2. The van der Waals surface area contributed by atoms with E-state index in [1.54, 1.807) is 12.1 Å². The predicted octanol–water partition coefficient (Wildman–Crippen LogP) is -0.238. The van der Waals surface area contributed by atoms with Crippen LogP contribution in [0.5, 0.6) is 0 Å². The zero-order valence-electron chi connectivity index (χ0n) is 8.77. The van der Waals surface area contributed by atoms with E-state index in [2.05, 4.69) is 15.6 Å². The van der Waals surface area contributed by atoms with Crippen LogP contribution >= 0.6 is 0 Å². The quantitative estimate of drug-likeness (QED) is 0.530. The summed E-state index contributed by atoms with van der Waals surface area (Å²) in [5.74, 6) is 1.01. The molecule has 1 aromatic rings. The second-order valence-electron chi connectivity index (χ2n) is 3.01. The molecule has 0 fully saturated rings. The molecule has 0 aliphatic heterocycles. The summed E-state index contributed by atoms with van der Waals surface area (Å²) >= 11 is 0. The SMILES string of the molecule is N#Cc1ccc(NCCO)nc1NCCO. The lowest BCUT2D eigenvalue weighted by Gasteiger charge is -2.09. The Hall–Kier alpha value is -1.84. The van der Waals surface area contributed by atoms with Crippen molar-refractivity contribution in [1.82, 2.24) is 4.98 Å². The zero-order valence-corrected chi connectivity index (χ0v) is 8.77. The Morgan fingerprint density at radius 3 is 2.50 bits per heavy atom. The monoisotopic (exact) mass is 222 g/mol. The van der Waals surface area contributed by atoms with Crippen LogP contribution in [0.4, 0.5) is 11.6 Å². The highest BCUT2D eigenvalue weighted by molar-refractivity contribution is 5.56. The highest BCUT2D eigenvalue weighted by Gasteiger charge is 2.04. The Kier molecular flexibility index (Phi) is 5.05. The molecule has 4 N–H and O–H groups in total. The molecule has 16 heavy (non-hydrogen) atoms. The van der Waals surface area contributed by atoms with Gasteiger partial charge in [0.2, 0.25) is 0 Å². The third-order valence-electron chi connectivity index (χ3n) is 1.84. The van der Waals surface area contributed by atoms with Crippen molar-refractivity contribution in [2.24, 2.45) is 0 Å². The number of pyridine rings is 1. The maximum atomic E-state index is 8.83. The fourth-order valence-corrected chi connectivity index (χ4v) is 1.14. The van der Waals surface area contributed by atoms with E-state index >= 15 is 0 Å². The molecular weight excluding hydrogens is 208 g/mol. The van der Waals surface area contributed by atoms with E-state index in [1.807, 2.05) is 6.07 Å². The molecule has 0 radical (unpaired) electrons. The van der Waals surface area contributed by atoms with Crippen LogP contribution in [-0.2, 0) is 0 Å². The Morgan fingerprint density at radius 2 is 1.88 bits per heavy atom. The molecule has 0 amide bonds. The van der Waals surface area contributed by atoms with Crippen molar-refractivity contribution in [3.63, 3.8) is 0 Å². The maximum Gasteiger partial charge on any atom is 0.146 e. The van der Waals surface area contributed by atoms with Crippen LogP contribution in [0.15, 0.2) is 12.1 Å². The van der Waals surface area contributed by atoms with Crippen LogP contribution in [0.25, 0.3) is 0 Å². The first-order chi connectivity index (χ1) is 7.81. The Morgan fingerprint density at radius 1 is 1.19 bits per heavy atom. The van der Waals surface area contributed by atoms with Gasteiger partial charge >= 0.3 is 0 Å². The third kappa shape index (κ3) is 3.38. The van der Waals surface area contributed by atoms with Crippen molar-refractivity contribution in [3.8, 4) is 6.07 Å². The maximum absolute atomic E-state index is 8.83. The number of nitrogens with zero attached hydrogens (tertiary/aromatic N) is 2. The molecular formula is C10H14N4O2. The molecule has 0 unspecified atom stereocenters. The summed E-state index contributed by atoms with van der Waals surface area (Å²) in [6.07, 6.45) is 0. The summed E-state index contributed by atoms with van der Waals surface area (Å²) in [7, 11) is 0. The number of aliphatic hydroxyl groups is 2. The summed E-state index contributed by atoms with van der Waals surface area (Å²) in [5, 5.41) is 31.9. The summed E-state index contributed by atoms with van der Waals surface area (Å²) in [4.78, 5) is 4.15. The van der Waals surface area contributed by atoms with Crippen LogP contribution < -0.4 is 10.6 Å². The van der Waals surface area contributed by atoms with Crippen LogP contribution in [0.1, 0.15) is 5.56 Å². The van der Waals surface area contributed by atoms with Crippen molar-refractivity contribution < 1.29 is 10.2 Å². The topological polar surface area (TPSA) is 101 Å². The number of nitriles is 1. The lowest BCUT2D eigenvalue weighted by Crippen LogP contribution is -2.11. The molecule has 1 heterocycles. The van der Waals surface area contributed by atoms with E-state index < -0.39 is 0 Å². The van der Waals surface area contributed by atoms with Crippen molar-refractivity contribution in [3.05, 3.63) is 17.7 Å². The smallest absolute Gasteiger partial charge is 0.146 e. The number of anilines is 2. The molecule has 0 aromatic carbocycles. The molecule has 0 saturated heterocycles. The first-order valence-corrected chi connectivity index (χ1v) is 4.92. The van der Waals surface area contributed by atoms with Gasteiger partial charge in [-0.15, -0.1) is 0 Å². The highest BCUT2D eigenvalue weighted by atomic mass is 16.3. The average Bonchev–Trinajstić information content (AvgIpc) is 2.33. The summed E-state index contributed by atoms with van der Waals surface area (Å²) in [6, 6.07) is 5.30. The van der Waals surface area contributed by atoms with E-state index in [0.717, 1.165) is 0 Å². The van der Waals surface area contributed by atoms with Crippen molar-refractivity contribution in [2.75, 3.05) is 36.9 Å². The van der Waals surface area contributed by atoms with Crippen LogP contribution in [-0.4, -0.2) is 41.5 Å². The van der Waals surface area contributed by atoms with Gasteiger partial charge in [-0.1, -0.05) is 0 Å². The van der Waals surface area contributed by atoms with E-state index in [4.69, 9.17) is 15.5 Å². The minimum atomic E-state index is -0.0269. The molecule has 86 valence electrons. The van der Waals surface area contributed by atoms with Gasteiger partial charge in [0.25, 0.3) is 0 Å². The van der Waals surface area contributed by atoms with Gasteiger partial charge in [-0.2, -0.15) is 5.26 Å². The minimum Gasteiger partial charge on any atom is -0.395 e. The van der Waals surface area contributed by atoms with E-state index in [1.165, 1.54) is 0 Å². The second-order valence-corrected chi connectivity index (χ2v) is 3.01. The first kappa shape index (κ1) is 12.2. The standard InChI is InChI=1S/C10H14N4O2/c11-7-8-1-2-9(12-3-5-15)14-10(8)13-4-6-16/h1-2,15-16H,3-6H2,(H2,12,13,14). The number of aromatic nitrogens is 1. The Labute approximate surface area is 93.6 Å². The van der Waals surface area contributed by atoms with E-state index in [0.29, 0.717) is 30.3 Å². The molecule has 0 saturated carbocycles. The minimum absolute atomic E-state index is 0.0150. The van der Waals surface area contributed by atoms with Crippen LogP contribution in [0.2, 0.25) is 0 Å². The molecule has 6 heteroatoms. The van der Waals surface area contributed by atoms with Crippen molar-refractivity contribution in [2.45, 2.75) is 0 Å². The highest BCUT2D eigenvalue weighted by Crippen LogP contribution is 2.14. The summed E-state index contributed by atoms with van der Waals surface area (Å²) in [5.41, 5.74) is 0.419. The lowest BCUT2D eigenvalue weighted by molar-refractivity contribution is 0.311. The number of hydrogen-bond acceptors (Lipinski definition) is 6. The molecule has 0 spiro atoms. The van der Waals surface area contributed by atoms with Gasteiger partial charge < -0.3 is 20.8 Å². The van der Waals surface area contributed by atoms with Gasteiger partial charge in [0.15, 0.2) is 0 Å². The molecule has 1 aromatic heterocycles. The fourth-order valence-electron chi connectivity index (χ4n) is 1.14. The van der Waals surface area contributed by atoms with E-state index in [9.17, 15) is 0 Å². The summed E-state index contributed by atoms with van der Waals surface area (Å²) < 4.78 is 0. The number of nitrogens with one attached hydrogen (secondary N) is 2. The number of aliphatic hydroxyl groups excluding tert-OH is 2. The van der Waals surface area contributed by atoms with Crippen LogP contribution in [0, 0.1) is 11.3 Å². The largest absolute Gasteiger partial charge is 0.395 e. The molecule has 0 aliphatic carbocycles. The molecule has 0 aliphatic rings. The molecule has 0 atom stereocenters.